The van der Waals surface area contributed by atoms with Gasteiger partial charge in [-0.3, -0.25) is 14.3 Å². The standard InChI is InChI=1S/C36H44N2O8Si/c1-35(2,3)47(6,7)46-32-31(40)29(45-33(32)38-22-21-30(39)37-34(38)41)23-44-36(24-11-9-8-10-12-24,25-13-17-27(42-4)18-14-25)26-15-19-28(43-5)20-16-26/h8-22,29,31-33,40H,23H2,1-7H3,(H,37,39,41)/t29-,31?,32-,33-/m1/s1. The lowest BCUT2D eigenvalue weighted by Gasteiger charge is -2.40. The fourth-order valence-electron chi connectivity index (χ4n) is 5.63. The summed E-state index contributed by atoms with van der Waals surface area (Å²) in [6.07, 6.45) is -2.60. The largest absolute Gasteiger partial charge is 0.497 e. The molecule has 1 unspecified atom stereocenters. The predicted molar refractivity (Wildman–Crippen MR) is 182 cm³/mol. The maximum Gasteiger partial charge on any atom is 0.330 e. The molecule has 2 N–H and O–H groups in total. The van der Waals surface area contributed by atoms with E-state index in [2.05, 4.69) is 38.8 Å². The van der Waals surface area contributed by atoms with Crippen molar-refractivity contribution >= 4 is 8.32 Å². The molecule has 47 heavy (non-hydrogen) atoms. The van der Waals surface area contributed by atoms with Gasteiger partial charge in [-0.05, 0) is 59.1 Å². The summed E-state index contributed by atoms with van der Waals surface area (Å²) in [6.45, 7) is 10.4. The lowest BCUT2D eigenvalue weighted by atomic mass is 9.80. The molecule has 0 radical (unpaired) electrons. The highest BCUT2D eigenvalue weighted by atomic mass is 28.4. The van der Waals surface area contributed by atoms with Crippen LogP contribution in [0.25, 0.3) is 0 Å². The van der Waals surface area contributed by atoms with E-state index in [0.29, 0.717) is 11.5 Å². The molecule has 0 saturated carbocycles. The van der Waals surface area contributed by atoms with Gasteiger partial charge in [0.25, 0.3) is 5.56 Å². The van der Waals surface area contributed by atoms with Gasteiger partial charge in [0.1, 0.15) is 35.4 Å². The number of hydrogen-bond donors (Lipinski definition) is 2. The normalized spacial score (nSPS) is 20.3. The Morgan fingerprint density at radius 1 is 0.830 bits per heavy atom. The van der Waals surface area contributed by atoms with Crippen LogP contribution in [0.2, 0.25) is 18.1 Å². The van der Waals surface area contributed by atoms with Gasteiger partial charge in [-0.1, -0.05) is 75.4 Å². The van der Waals surface area contributed by atoms with Crippen LogP contribution in [-0.2, 0) is 19.5 Å². The van der Waals surface area contributed by atoms with E-state index in [1.165, 1.54) is 16.8 Å². The van der Waals surface area contributed by atoms with E-state index in [9.17, 15) is 14.7 Å². The number of aromatic nitrogens is 2. The summed E-state index contributed by atoms with van der Waals surface area (Å²) in [5.74, 6) is 1.39. The van der Waals surface area contributed by atoms with Crippen LogP contribution in [0, 0.1) is 0 Å². The van der Waals surface area contributed by atoms with E-state index in [0.717, 1.165) is 16.7 Å². The Hall–Kier alpha value is -4.00. The Kier molecular flexibility index (Phi) is 9.95. The SMILES string of the molecule is COc1ccc(C(OC[C@H]2O[C@@H](n3ccc(=O)[nH]c3=O)[C@H](O[Si](C)(C)C(C)(C)C)C2O)(c2ccccc2)c2ccc(OC)cc2)cc1. The number of aromatic amines is 1. The number of H-pyrrole nitrogens is 1. The zero-order valence-corrected chi connectivity index (χ0v) is 28.9. The van der Waals surface area contributed by atoms with E-state index in [1.807, 2.05) is 78.9 Å². The third-order valence-corrected chi connectivity index (χ3v) is 13.8. The van der Waals surface area contributed by atoms with Crippen molar-refractivity contribution in [3.8, 4) is 11.5 Å². The zero-order valence-electron chi connectivity index (χ0n) is 27.9. The molecule has 5 rings (SSSR count). The number of ether oxygens (including phenoxy) is 4. The van der Waals surface area contributed by atoms with Gasteiger partial charge in [0.05, 0.1) is 20.8 Å². The molecule has 3 aromatic carbocycles. The molecule has 1 aromatic heterocycles. The van der Waals surface area contributed by atoms with Crippen LogP contribution < -0.4 is 20.7 Å². The van der Waals surface area contributed by atoms with Crippen LogP contribution in [0.5, 0.6) is 11.5 Å². The minimum atomic E-state index is -2.47. The molecular weight excluding hydrogens is 616 g/mol. The van der Waals surface area contributed by atoms with Gasteiger partial charge in [0, 0.05) is 12.3 Å². The zero-order chi connectivity index (χ0) is 34.0. The smallest absolute Gasteiger partial charge is 0.330 e. The quantitative estimate of drug-likeness (QED) is 0.166. The summed E-state index contributed by atoms with van der Waals surface area (Å²) >= 11 is 0. The molecule has 1 fully saturated rings. The first-order chi connectivity index (χ1) is 22.3. The molecule has 0 aliphatic carbocycles. The molecular formula is C36H44N2O8Si. The van der Waals surface area contributed by atoms with Gasteiger partial charge in [-0.2, -0.15) is 0 Å². The summed E-state index contributed by atoms with van der Waals surface area (Å²) < 4.78 is 32.4. The number of hydrogen-bond acceptors (Lipinski definition) is 8. The second-order valence-electron chi connectivity index (χ2n) is 13.2. The number of nitrogens with zero attached hydrogens (tertiary/aromatic N) is 1. The maximum atomic E-state index is 13.0. The Labute approximate surface area is 276 Å². The van der Waals surface area contributed by atoms with Crippen molar-refractivity contribution in [2.75, 3.05) is 20.8 Å². The summed E-state index contributed by atoms with van der Waals surface area (Å²) in [5, 5.41) is 11.7. The Balaban J connectivity index is 1.59. The molecule has 0 bridgehead atoms. The van der Waals surface area contributed by atoms with Crippen molar-refractivity contribution in [3.63, 3.8) is 0 Å². The van der Waals surface area contributed by atoms with Gasteiger partial charge < -0.3 is 28.5 Å². The summed E-state index contributed by atoms with van der Waals surface area (Å²) in [6, 6.07) is 26.4. The van der Waals surface area contributed by atoms with Gasteiger partial charge in [0.2, 0.25) is 0 Å². The first-order valence-corrected chi connectivity index (χ1v) is 18.5. The maximum absolute atomic E-state index is 13.0. The van der Waals surface area contributed by atoms with Crippen molar-refractivity contribution in [2.45, 2.75) is 69.0 Å². The summed E-state index contributed by atoms with van der Waals surface area (Å²) in [7, 11) is 0.760. The third-order valence-electron chi connectivity index (χ3n) is 9.31. The highest BCUT2D eigenvalue weighted by Crippen LogP contribution is 2.44. The first kappa shape index (κ1) is 34.3. The number of rotatable bonds is 11. The Morgan fingerprint density at radius 3 is 1.85 bits per heavy atom. The number of methoxy groups -OCH3 is 2. The second-order valence-corrected chi connectivity index (χ2v) is 18.0. The lowest BCUT2D eigenvalue weighted by molar-refractivity contribution is -0.0956. The Morgan fingerprint density at radius 2 is 1.36 bits per heavy atom. The van der Waals surface area contributed by atoms with Crippen LogP contribution in [0.4, 0.5) is 0 Å². The molecule has 4 atom stereocenters. The van der Waals surface area contributed by atoms with Crippen molar-refractivity contribution in [1.29, 1.82) is 0 Å². The minimum absolute atomic E-state index is 0.0694. The fraction of sp³-hybridized carbons (Fsp3) is 0.389. The molecule has 0 spiro atoms. The molecule has 1 saturated heterocycles. The predicted octanol–water partition coefficient (Wildman–Crippen LogP) is 5.21. The highest BCUT2D eigenvalue weighted by Gasteiger charge is 2.51. The van der Waals surface area contributed by atoms with E-state index >= 15 is 0 Å². The summed E-state index contributed by atoms with van der Waals surface area (Å²) in [5.41, 5.74) is 0.166. The number of aliphatic hydroxyl groups is 1. The number of nitrogens with one attached hydrogen (secondary N) is 1. The van der Waals surface area contributed by atoms with Crippen molar-refractivity contribution in [2.24, 2.45) is 0 Å². The van der Waals surface area contributed by atoms with Gasteiger partial charge in [-0.25, -0.2) is 4.79 Å². The number of aliphatic hydroxyl groups excluding tert-OH is 1. The van der Waals surface area contributed by atoms with Crippen LogP contribution >= 0.6 is 0 Å². The monoisotopic (exact) mass is 660 g/mol. The van der Waals surface area contributed by atoms with Crippen LogP contribution in [-0.4, -0.2) is 62.1 Å². The van der Waals surface area contributed by atoms with Crippen LogP contribution in [0.3, 0.4) is 0 Å². The van der Waals surface area contributed by atoms with E-state index in [1.54, 1.807) is 14.2 Å². The fourth-order valence-corrected chi connectivity index (χ4v) is 6.92. The third kappa shape index (κ3) is 6.86. The Bertz CT molecular complexity index is 1700. The van der Waals surface area contributed by atoms with Gasteiger partial charge in [0.15, 0.2) is 14.5 Å². The van der Waals surface area contributed by atoms with Crippen LogP contribution in [0.15, 0.2) is 101 Å². The number of benzene rings is 3. The first-order valence-electron chi connectivity index (χ1n) is 15.6. The minimum Gasteiger partial charge on any atom is -0.497 e. The van der Waals surface area contributed by atoms with Gasteiger partial charge >= 0.3 is 5.69 Å². The van der Waals surface area contributed by atoms with Gasteiger partial charge in [-0.15, -0.1) is 0 Å². The van der Waals surface area contributed by atoms with E-state index in [4.69, 9.17) is 23.4 Å². The summed E-state index contributed by atoms with van der Waals surface area (Å²) in [4.78, 5) is 27.2. The van der Waals surface area contributed by atoms with Crippen molar-refractivity contribution < 1.29 is 28.5 Å². The average Bonchev–Trinajstić information content (AvgIpc) is 3.35. The van der Waals surface area contributed by atoms with E-state index < -0.39 is 49.7 Å². The molecule has 1 aliphatic rings. The van der Waals surface area contributed by atoms with Crippen molar-refractivity contribution in [3.05, 3.63) is 129 Å². The molecule has 1 aliphatic heterocycles. The molecule has 0 amide bonds. The molecule has 2 heterocycles. The molecule has 11 heteroatoms. The lowest BCUT2D eigenvalue weighted by Crippen LogP contribution is -2.50. The second kappa shape index (κ2) is 13.6. The molecule has 4 aromatic rings. The average molecular weight is 661 g/mol. The molecule has 250 valence electrons. The molecule has 10 nitrogen and oxygen atoms in total. The highest BCUT2D eigenvalue weighted by molar-refractivity contribution is 6.74. The van der Waals surface area contributed by atoms with Crippen molar-refractivity contribution in [1.82, 2.24) is 9.55 Å². The topological polar surface area (TPSA) is 121 Å². The van der Waals surface area contributed by atoms with Crippen LogP contribution in [0.1, 0.15) is 43.7 Å². The van der Waals surface area contributed by atoms with E-state index in [-0.39, 0.29) is 11.6 Å².